The average molecular weight is 276 g/mol. The molecule has 2 atom stereocenters. The van der Waals surface area contributed by atoms with Crippen LogP contribution in [0, 0.1) is 0 Å². The minimum absolute atomic E-state index is 0.0739. The Bertz CT molecular complexity index is 390. The first-order chi connectivity index (χ1) is 8.55. The van der Waals surface area contributed by atoms with Gasteiger partial charge in [-0.05, 0) is 19.3 Å². The molecule has 0 aliphatic carbocycles. The second kappa shape index (κ2) is 5.99. The van der Waals surface area contributed by atoms with Crippen LogP contribution in [-0.2, 0) is 19.4 Å². The van der Waals surface area contributed by atoms with E-state index in [-0.39, 0.29) is 36.1 Å². The van der Waals surface area contributed by atoms with E-state index < -0.39 is 9.84 Å². The molecule has 18 heavy (non-hydrogen) atoms. The summed E-state index contributed by atoms with van der Waals surface area (Å²) in [6, 6.07) is -0.216. The van der Waals surface area contributed by atoms with Gasteiger partial charge in [-0.2, -0.15) is 0 Å². The quantitative estimate of drug-likeness (QED) is 0.677. The molecule has 2 rings (SSSR count). The smallest absolute Gasteiger partial charge is 0.234 e. The highest BCUT2D eigenvalue weighted by Crippen LogP contribution is 2.11. The van der Waals surface area contributed by atoms with E-state index in [1.807, 2.05) is 0 Å². The molecule has 2 heterocycles. The largest absolute Gasteiger partial charge is 0.377 e. The standard InChI is InChI=1S/C11H20N2O4S/c14-11(7-12-6-10-2-1-4-17-10)13-9-3-5-18(15,16)8-9/h9-10,12H,1-8H2,(H,13,14)/t9-,10+/m0/s1. The Balaban J connectivity index is 1.60. The first-order valence-corrected chi connectivity index (χ1v) is 8.19. The van der Waals surface area contributed by atoms with Gasteiger partial charge in [-0.25, -0.2) is 8.42 Å². The molecular weight excluding hydrogens is 256 g/mol. The van der Waals surface area contributed by atoms with E-state index >= 15 is 0 Å². The summed E-state index contributed by atoms with van der Waals surface area (Å²) in [6.45, 7) is 1.70. The summed E-state index contributed by atoms with van der Waals surface area (Å²) in [6.07, 6.45) is 2.86. The van der Waals surface area contributed by atoms with E-state index in [1.165, 1.54) is 0 Å². The highest BCUT2D eigenvalue weighted by molar-refractivity contribution is 7.91. The van der Waals surface area contributed by atoms with Crippen molar-refractivity contribution in [2.75, 3.05) is 31.2 Å². The molecule has 0 spiro atoms. The maximum atomic E-state index is 11.6. The molecule has 104 valence electrons. The molecule has 2 N–H and O–H groups in total. The summed E-state index contributed by atoms with van der Waals surface area (Å²) in [7, 11) is -2.93. The third kappa shape index (κ3) is 4.22. The number of hydrogen-bond donors (Lipinski definition) is 2. The van der Waals surface area contributed by atoms with Gasteiger partial charge in [0, 0.05) is 19.2 Å². The molecule has 6 nitrogen and oxygen atoms in total. The van der Waals surface area contributed by atoms with Gasteiger partial charge >= 0.3 is 0 Å². The lowest BCUT2D eigenvalue weighted by Crippen LogP contribution is -2.42. The average Bonchev–Trinajstić information content (AvgIpc) is 2.88. The number of ether oxygens (including phenoxy) is 1. The zero-order valence-corrected chi connectivity index (χ0v) is 11.2. The Morgan fingerprint density at radius 2 is 2.17 bits per heavy atom. The lowest BCUT2D eigenvalue weighted by Gasteiger charge is -2.13. The number of carbonyl (C=O) groups is 1. The van der Waals surface area contributed by atoms with Crippen LogP contribution in [0.3, 0.4) is 0 Å². The molecule has 2 aliphatic rings. The van der Waals surface area contributed by atoms with Gasteiger partial charge in [0.1, 0.15) is 0 Å². The number of hydrogen-bond acceptors (Lipinski definition) is 5. The fourth-order valence-corrected chi connectivity index (χ4v) is 4.01. The Kier molecular flexibility index (Phi) is 4.58. The van der Waals surface area contributed by atoms with Crippen molar-refractivity contribution in [1.29, 1.82) is 0 Å². The number of nitrogens with one attached hydrogen (secondary N) is 2. The maximum absolute atomic E-state index is 11.6. The molecule has 0 saturated carbocycles. The molecule has 0 aromatic heterocycles. The van der Waals surface area contributed by atoms with Crippen LogP contribution in [0.5, 0.6) is 0 Å². The van der Waals surface area contributed by atoms with Crippen LogP contribution in [0.2, 0.25) is 0 Å². The van der Waals surface area contributed by atoms with Crippen LogP contribution in [0.15, 0.2) is 0 Å². The fraction of sp³-hybridized carbons (Fsp3) is 0.909. The molecule has 2 saturated heterocycles. The zero-order chi connectivity index (χ0) is 13.0. The maximum Gasteiger partial charge on any atom is 0.234 e. The SMILES string of the molecule is O=C(CNC[C@H]1CCCO1)N[C@H]1CCS(=O)(=O)C1. The Hall–Kier alpha value is -0.660. The summed E-state index contributed by atoms with van der Waals surface area (Å²) in [5, 5.41) is 5.77. The summed E-state index contributed by atoms with van der Waals surface area (Å²) < 4.78 is 27.9. The minimum Gasteiger partial charge on any atom is -0.377 e. The van der Waals surface area contributed by atoms with E-state index in [0.29, 0.717) is 13.0 Å². The van der Waals surface area contributed by atoms with Gasteiger partial charge in [-0.1, -0.05) is 0 Å². The first-order valence-electron chi connectivity index (χ1n) is 6.37. The Labute approximate surface area is 107 Å². The molecule has 0 unspecified atom stereocenters. The molecule has 0 aromatic carbocycles. The van der Waals surface area contributed by atoms with Gasteiger partial charge < -0.3 is 15.4 Å². The van der Waals surface area contributed by atoms with Crippen LogP contribution >= 0.6 is 0 Å². The summed E-state index contributed by atoms with van der Waals surface area (Å²) >= 11 is 0. The van der Waals surface area contributed by atoms with Gasteiger partial charge in [-0.3, -0.25) is 4.79 Å². The first kappa shape index (κ1) is 13.8. The third-order valence-corrected chi connectivity index (χ3v) is 5.05. The van der Waals surface area contributed by atoms with E-state index in [9.17, 15) is 13.2 Å². The lowest BCUT2D eigenvalue weighted by atomic mass is 10.2. The molecule has 1 amide bonds. The fourth-order valence-electron chi connectivity index (χ4n) is 2.34. The van der Waals surface area contributed by atoms with Crippen LogP contribution in [0.1, 0.15) is 19.3 Å². The van der Waals surface area contributed by atoms with E-state index in [4.69, 9.17) is 4.74 Å². The third-order valence-electron chi connectivity index (χ3n) is 3.28. The van der Waals surface area contributed by atoms with Crippen molar-refractivity contribution in [3.8, 4) is 0 Å². The number of rotatable bonds is 5. The van der Waals surface area contributed by atoms with Crippen molar-refractivity contribution in [2.24, 2.45) is 0 Å². The zero-order valence-electron chi connectivity index (χ0n) is 10.4. The normalized spacial score (nSPS) is 30.4. The predicted octanol–water partition coefficient (Wildman–Crippen LogP) is -0.942. The van der Waals surface area contributed by atoms with Crippen molar-refractivity contribution >= 4 is 15.7 Å². The van der Waals surface area contributed by atoms with Crippen LogP contribution in [0.25, 0.3) is 0 Å². The number of sulfone groups is 1. The number of carbonyl (C=O) groups excluding carboxylic acids is 1. The second-order valence-corrected chi connectivity index (χ2v) is 7.16. The van der Waals surface area contributed by atoms with Crippen molar-refractivity contribution in [3.05, 3.63) is 0 Å². The van der Waals surface area contributed by atoms with Gasteiger partial charge in [0.2, 0.25) is 5.91 Å². The van der Waals surface area contributed by atoms with Crippen molar-refractivity contribution < 1.29 is 17.9 Å². The summed E-state index contributed by atoms with van der Waals surface area (Å²) in [5.41, 5.74) is 0. The van der Waals surface area contributed by atoms with Crippen molar-refractivity contribution in [3.63, 3.8) is 0 Å². The van der Waals surface area contributed by atoms with Gasteiger partial charge in [0.15, 0.2) is 9.84 Å². The van der Waals surface area contributed by atoms with Gasteiger partial charge in [0.25, 0.3) is 0 Å². The predicted molar refractivity (Wildman–Crippen MR) is 67.0 cm³/mol. The van der Waals surface area contributed by atoms with Crippen molar-refractivity contribution in [1.82, 2.24) is 10.6 Å². The van der Waals surface area contributed by atoms with E-state index in [2.05, 4.69) is 10.6 Å². The molecule has 2 aliphatic heterocycles. The topological polar surface area (TPSA) is 84.5 Å². The van der Waals surface area contributed by atoms with Gasteiger partial charge in [-0.15, -0.1) is 0 Å². The molecule has 0 bridgehead atoms. The highest BCUT2D eigenvalue weighted by Gasteiger charge is 2.28. The second-order valence-electron chi connectivity index (χ2n) is 4.93. The summed E-state index contributed by atoms with van der Waals surface area (Å²) in [4.78, 5) is 11.6. The Morgan fingerprint density at radius 3 is 2.78 bits per heavy atom. The molecule has 0 radical (unpaired) electrons. The van der Waals surface area contributed by atoms with E-state index in [1.54, 1.807) is 0 Å². The molecular formula is C11H20N2O4S. The minimum atomic E-state index is -2.93. The monoisotopic (exact) mass is 276 g/mol. The highest BCUT2D eigenvalue weighted by atomic mass is 32.2. The molecule has 2 fully saturated rings. The van der Waals surface area contributed by atoms with Crippen LogP contribution in [0.4, 0.5) is 0 Å². The molecule has 7 heteroatoms. The van der Waals surface area contributed by atoms with E-state index in [0.717, 1.165) is 19.4 Å². The molecule has 0 aromatic rings. The van der Waals surface area contributed by atoms with Crippen molar-refractivity contribution in [2.45, 2.75) is 31.4 Å². The number of amides is 1. The van der Waals surface area contributed by atoms with Crippen LogP contribution in [-0.4, -0.2) is 57.7 Å². The Morgan fingerprint density at radius 1 is 1.33 bits per heavy atom. The summed E-state index contributed by atoms with van der Waals surface area (Å²) in [5.74, 6) is 0.112. The van der Waals surface area contributed by atoms with Gasteiger partial charge in [0.05, 0.1) is 24.2 Å². The lowest BCUT2D eigenvalue weighted by molar-refractivity contribution is -0.120. The van der Waals surface area contributed by atoms with Crippen LogP contribution < -0.4 is 10.6 Å².